The van der Waals surface area contributed by atoms with E-state index in [1.165, 1.54) is 25.7 Å². The van der Waals surface area contributed by atoms with Crippen molar-refractivity contribution >= 4 is 11.6 Å². The zero-order valence-corrected chi connectivity index (χ0v) is 7.32. The SMILES string of the molecule is CC1(CCl)CC2CCC1C2. The van der Waals surface area contributed by atoms with E-state index in [2.05, 4.69) is 6.92 Å². The molecular weight excluding hydrogens is 144 g/mol. The summed E-state index contributed by atoms with van der Waals surface area (Å²) in [6.07, 6.45) is 5.81. The average molecular weight is 159 g/mol. The Morgan fingerprint density at radius 2 is 2.30 bits per heavy atom. The molecule has 2 aliphatic rings. The molecule has 3 atom stereocenters. The first kappa shape index (κ1) is 6.97. The Kier molecular flexibility index (Phi) is 1.49. The third-order valence-electron chi connectivity index (χ3n) is 3.59. The van der Waals surface area contributed by atoms with Crippen LogP contribution in [0.15, 0.2) is 0 Å². The highest BCUT2D eigenvalue weighted by atomic mass is 35.5. The van der Waals surface area contributed by atoms with E-state index >= 15 is 0 Å². The first-order valence-electron chi connectivity index (χ1n) is 4.30. The zero-order chi connectivity index (χ0) is 7.19. The van der Waals surface area contributed by atoms with E-state index < -0.39 is 0 Å². The monoisotopic (exact) mass is 158 g/mol. The number of hydrogen-bond donors (Lipinski definition) is 0. The van der Waals surface area contributed by atoms with Crippen LogP contribution in [0.25, 0.3) is 0 Å². The average Bonchev–Trinajstić information content (AvgIpc) is 2.46. The van der Waals surface area contributed by atoms with Crippen LogP contribution in [-0.4, -0.2) is 5.88 Å². The summed E-state index contributed by atoms with van der Waals surface area (Å²) < 4.78 is 0. The van der Waals surface area contributed by atoms with Gasteiger partial charge in [-0.15, -0.1) is 11.6 Å². The lowest BCUT2D eigenvalue weighted by atomic mass is 9.76. The molecule has 0 spiro atoms. The van der Waals surface area contributed by atoms with Crippen molar-refractivity contribution in [3.8, 4) is 0 Å². The minimum Gasteiger partial charge on any atom is -0.126 e. The smallest absolute Gasteiger partial charge is 0.0280 e. The molecule has 2 saturated carbocycles. The predicted octanol–water partition coefficient (Wildman–Crippen LogP) is 3.05. The Labute approximate surface area is 68.0 Å². The first-order chi connectivity index (χ1) is 4.74. The molecule has 0 heterocycles. The second-order valence-corrected chi connectivity index (χ2v) is 4.64. The van der Waals surface area contributed by atoms with Gasteiger partial charge in [-0.2, -0.15) is 0 Å². The molecule has 58 valence electrons. The lowest BCUT2D eigenvalue weighted by Gasteiger charge is -2.31. The first-order valence-corrected chi connectivity index (χ1v) is 4.84. The van der Waals surface area contributed by atoms with Gasteiger partial charge < -0.3 is 0 Å². The molecule has 2 fully saturated rings. The molecule has 0 aliphatic heterocycles. The van der Waals surface area contributed by atoms with Crippen molar-refractivity contribution in [3.05, 3.63) is 0 Å². The molecule has 0 aromatic carbocycles. The van der Waals surface area contributed by atoms with E-state index in [0.717, 1.165) is 17.7 Å². The fourth-order valence-electron chi connectivity index (χ4n) is 2.88. The molecule has 10 heavy (non-hydrogen) atoms. The van der Waals surface area contributed by atoms with E-state index in [-0.39, 0.29) is 0 Å². The van der Waals surface area contributed by atoms with E-state index in [9.17, 15) is 0 Å². The van der Waals surface area contributed by atoms with Gasteiger partial charge in [0, 0.05) is 5.88 Å². The van der Waals surface area contributed by atoms with E-state index in [0.29, 0.717) is 5.41 Å². The number of fused-ring (bicyclic) bond motifs is 2. The number of rotatable bonds is 1. The van der Waals surface area contributed by atoms with Gasteiger partial charge in [-0.3, -0.25) is 0 Å². The van der Waals surface area contributed by atoms with Crippen molar-refractivity contribution in [1.82, 2.24) is 0 Å². The molecule has 2 bridgehead atoms. The van der Waals surface area contributed by atoms with Gasteiger partial charge in [-0.1, -0.05) is 13.3 Å². The Morgan fingerprint density at radius 3 is 2.60 bits per heavy atom. The summed E-state index contributed by atoms with van der Waals surface area (Å²) in [6.45, 7) is 2.36. The van der Waals surface area contributed by atoms with Gasteiger partial charge in [0.15, 0.2) is 0 Å². The number of hydrogen-bond acceptors (Lipinski definition) is 0. The third kappa shape index (κ3) is 0.812. The summed E-state index contributed by atoms with van der Waals surface area (Å²) in [4.78, 5) is 0. The van der Waals surface area contributed by atoms with Crippen LogP contribution in [0.2, 0.25) is 0 Å². The summed E-state index contributed by atoms with van der Waals surface area (Å²) in [5, 5.41) is 0. The van der Waals surface area contributed by atoms with Crippen LogP contribution >= 0.6 is 11.6 Å². The normalized spacial score (nSPS) is 52.2. The molecule has 0 radical (unpaired) electrons. The van der Waals surface area contributed by atoms with E-state index in [4.69, 9.17) is 11.6 Å². The molecule has 0 N–H and O–H groups in total. The zero-order valence-electron chi connectivity index (χ0n) is 6.57. The maximum Gasteiger partial charge on any atom is 0.0280 e. The molecule has 1 heteroatoms. The van der Waals surface area contributed by atoms with E-state index in [1.807, 2.05) is 0 Å². The standard InChI is InChI=1S/C9H15Cl/c1-9(6-10)5-7-2-3-8(9)4-7/h7-8H,2-6H2,1H3. The van der Waals surface area contributed by atoms with Crippen LogP contribution in [-0.2, 0) is 0 Å². The van der Waals surface area contributed by atoms with Crippen LogP contribution in [0.3, 0.4) is 0 Å². The fourth-order valence-corrected chi connectivity index (χ4v) is 3.21. The van der Waals surface area contributed by atoms with Crippen molar-refractivity contribution in [3.63, 3.8) is 0 Å². The van der Waals surface area contributed by atoms with Gasteiger partial charge in [0.2, 0.25) is 0 Å². The predicted molar refractivity (Wildman–Crippen MR) is 44.3 cm³/mol. The third-order valence-corrected chi connectivity index (χ3v) is 4.20. The fraction of sp³-hybridized carbons (Fsp3) is 1.00. The largest absolute Gasteiger partial charge is 0.126 e. The van der Waals surface area contributed by atoms with Crippen molar-refractivity contribution in [2.24, 2.45) is 17.3 Å². The maximum atomic E-state index is 5.94. The van der Waals surface area contributed by atoms with Crippen LogP contribution in [0.1, 0.15) is 32.6 Å². The van der Waals surface area contributed by atoms with Gasteiger partial charge in [0.05, 0.1) is 0 Å². The highest BCUT2D eigenvalue weighted by molar-refractivity contribution is 6.18. The molecule has 3 unspecified atom stereocenters. The summed E-state index contributed by atoms with van der Waals surface area (Å²) in [6, 6.07) is 0. The minimum atomic E-state index is 0.518. The molecular formula is C9H15Cl. The highest BCUT2D eigenvalue weighted by Crippen LogP contribution is 2.55. The van der Waals surface area contributed by atoms with Crippen LogP contribution in [0.4, 0.5) is 0 Å². The second kappa shape index (κ2) is 2.14. The van der Waals surface area contributed by atoms with Gasteiger partial charge in [0.1, 0.15) is 0 Å². The van der Waals surface area contributed by atoms with Crippen LogP contribution in [0.5, 0.6) is 0 Å². The Hall–Kier alpha value is 0.290. The van der Waals surface area contributed by atoms with Crippen molar-refractivity contribution in [1.29, 1.82) is 0 Å². The highest BCUT2D eigenvalue weighted by Gasteiger charge is 2.46. The van der Waals surface area contributed by atoms with Crippen molar-refractivity contribution in [2.45, 2.75) is 32.6 Å². The molecule has 0 aromatic rings. The topological polar surface area (TPSA) is 0 Å². The molecule has 0 saturated heterocycles. The van der Waals surface area contributed by atoms with Gasteiger partial charge >= 0.3 is 0 Å². The molecule has 2 rings (SSSR count). The minimum absolute atomic E-state index is 0.518. The Balaban J connectivity index is 2.14. The summed E-state index contributed by atoms with van der Waals surface area (Å²) in [5.41, 5.74) is 0.518. The second-order valence-electron chi connectivity index (χ2n) is 4.37. The Morgan fingerprint density at radius 1 is 1.50 bits per heavy atom. The summed E-state index contributed by atoms with van der Waals surface area (Å²) in [7, 11) is 0. The lowest BCUT2D eigenvalue weighted by Crippen LogP contribution is -2.25. The quantitative estimate of drug-likeness (QED) is 0.515. The number of alkyl halides is 1. The molecule has 0 nitrogen and oxygen atoms in total. The molecule has 0 amide bonds. The van der Waals surface area contributed by atoms with Gasteiger partial charge in [-0.05, 0) is 36.5 Å². The number of halogens is 1. The molecule has 0 aromatic heterocycles. The molecule has 2 aliphatic carbocycles. The van der Waals surface area contributed by atoms with Crippen molar-refractivity contribution in [2.75, 3.05) is 5.88 Å². The Bertz CT molecular complexity index is 144. The van der Waals surface area contributed by atoms with Crippen LogP contribution < -0.4 is 0 Å². The lowest BCUT2D eigenvalue weighted by molar-refractivity contribution is 0.222. The maximum absolute atomic E-state index is 5.94. The summed E-state index contributed by atoms with van der Waals surface area (Å²) in [5.74, 6) is 2.89. The van der Waals surface area contributed by atoms with Crippen molar-refractivity contribution < 1.29 is 0 Å². The van der Waals surface area contributed by atoms with Crippen LogP contribution in [0, 0.1) is 17.3 Å². The van der Waals surface area contributed by atoms with Gasteiger partial charge in [-0.25, -0.2) is 0 Å². The van der Waals surface area contributed by atoms with Gasteiger partial charge in [0.25, 0.3) is 0 Å². The summed E-state index contributed by atoms with van der Waals surface area (Å²) >= 11 is 5.94. The van der Waals surface area contributed by atoms with E-state index in [1.54, 1.807) is 0 Å².